The van der Waals surface area contributed by atoms with E-state index in [4.69, 9.17) is 10.9 Å². The van der Waals surface area contributed by atoms with Crippen molar-refractivity contribution in [1.82, 2.24) is 5.32 Å². The third kappa shape index (κ3) is 6.43. The summed E-state index contributed by atoms with van der Waals surface area (Å²) in [7, 11) is -3.54. The highest BCUT2D eigenvalue weighted by Crippen LogP contribution is 2.16. The molecule has 15 heavy (non-hydrogen) atoms. The van der Waals surface area contributed by atoms with Crippen molar-refractivity contribution in [3.05, 3.63) is 0 Å². The summed E-state index contributed by atoms with van der Waals surface area (Å²) in [4.78, 5) is 11.4. The van der Waals surface area contributed by atoms with Crippen LogP contribution in [-0.2, 0) is 14.8 Å². The third-order valence-corrected chi connectivity index (χ3v) is 2.67. The molecule has 0 aromatic heterocycles. The predicted octanol–water partition coefficient (Wildman–Crippen LogP) is -1.24. The second-order valence-corrected chi connectivity index (χ2v) is 6.24. The van der Waals surface area contributed by atoms with Gasteiger partial charge in [-0.15, -0.1) is 0 Å². The van der Waals surface area contributed by atoms with Crippen molar-refractivity contribution < 1.29 is 13.2 Å². The lowest BCUT2D eigenvalue weighted by molar-refractivity contribution is -0.124. The molecule has 5 N–H and O–H groups in total. The number of nitrogens with one attached hydrogen (secondary N) is 1. The Bertz CT molecular complexity index is 319. The zero-order valence-electron chi connectivity index (χ0n) is 9.28. The van der Waals surface area contributed by atoms with E-state index in [1.807, 2.05) is 20.8 Å². The molecule has 0 spiro atoms. The van der Waals surface area contributed by atoms with Gasteiger partial charge in [-0.3, -0.25) is 4.79 Å². The van der Waals surface area contributed by atoms with E-state index in [1.165, 1.54) is 0 Å². The molecule has 0 aromatic carbocycles. The summed E-state index contributed by atoms with van der Waals surface area (Å²) < 4.78 is 21.1. The summed E-state index contributed by atoms with van der Waals surface area (Å²) in [5.74, 6) is -0.651. The van der Waals surface area contributed by atoms with Gasteiger partial charge in [-0.05, 0) is 5.41 Å². The number of sulfonamides is 1. The normalized spacial score (nSPS) is 14.7. The molecule has 0 radical (unpaired) electrons. The molecule has 0 aliphatic carbocycles. The van der Waals surface area contributed by atoms with E-state index in [9.17, 15) is 13.2 Å². The van der Waals surface area contributed by atoms with Crippen LogP contribution in [0.2, 0.25) is 0 Å². The maximum atomic E-state index is 11.4. The quantitative estimate of drug-likeness (QED) is 0.567. The predicted molar refractivity (Wildman–Crippen MR) is 58.4 cm³/mol. The lowest BCUT2D eigenvalue weighted by Crippen LogP contribution is -2.49. The van der Waals surface area contributed by atoms with E-state index in [2.05, 4.69) is 5.32 Å². The molecular weight excluding hydrogens is 218 g/mol. The summed E-state index contributed by atoms with van der Waals surface area (Å²) in [6.45, 7) is 5.48. The molecule has 0 unspecified atom stereocenters. The van der Waals surface area contributed by atoms with Crippen LogP contribution in [0.25, 0.3) is 0 Å². The molecule has 0 fully saturated rings. The Balaban J connectivity index is 4.07. The van der Waals surface area contributed by atoms with Gasteiger partial charge < -0.3 is 11.1 Å². The number of rotatable bonds is 4. The van der Waals surface area contributed by atoms with Crippen LogP contribution < -0.4 is 16.2 Å². The highest BCUT2D eigenvalue weighted by Gasteiger charge is 2.27. The maximum Gasteiger partial charge on any atom is 0.237 e. The Kier molecular flexibility index (Phi) is 4.69. The van der Waals surface area contributed by atoms with Crippen LogP contribution in [0.1, 0.15) is 20.8 Å². The fraction of sp³-hybridized carbons (Fsp3) is 0.875. The molecule has 0 saturated heterocycles. The number of carbonyl (C=O) groups excluding carboxylic acids is 1. The second kappa shape index (κ2) is 4.91. The lowest BCUT2D eigenvalue weighted by Gasteiger charge is -2.25. The molecular formula is C8H19N3O3S. The van der Waals surface area contributed by atoms with Gasteiger partial charge >= 0.3 is 0 Å². The Morgan fingerprint density at radius 2 is 1.87 bits per heavy atom. The lowest BCUT2D eigenvalue weighted by atomic mass is 9.87. The standard InChI is InChI=1S/C8H19N3O3S/c1-8(2,3)6(9)7(12)11-4-5-15(10,13)14/h6H,4-5,9H2,1-3H3,(H,11,12)(H2,10,13,14)/t6-/m0/s1. The minimum absolute atomic E-state index is 0.0125. The minimum Gasteiger partial charge on any atom is -0.354 e. The summed E-state index contributed by atoms with van der Waals surface area (Å²) in [6.07, 6.45) is 0. The largest absolute Gasteiger partial charge is 0.354 e. The zero-order valence-corrected chi connectivity index (χ0v) is 10.1. The molecule has 0 bridgehead atoms. The van der Waals surface area contributed by atoms with Gasteiger partial charge in [0, 0.05) is 6.54 Å². The molecule has 1 amide bonds. The molecule has 90 valence electrons. The van der Waals surface area contributed by atoms with E-state index < -0.39 is 16.1 Å². The van der Waals surface area contributed by atoms with Gasteiger partial charge in [0.2, 0.25) is 15.9 Å². The average molecular weight is 237 g/mol. The number of hydrogen-bond donors (Lipinski definition) is 3. The number of nitrogens with two attached hydrogens (primary N) is 2. The molecule has 7 heteroatoms. The van der Waals surface area contributed by atoms with Crippen LogP contribution >= 0.6 is 0 Å². The Hall–Kier alpha value is -0.660. The molecule has 6 nitrogen and oxygen atoms in total. The van der Waals surface area contributed by atoms with Gasteiger partial charge in [0.15, 0.2) is 0 Å². The smallest absolute Gasteiger partial charge is 0.237 e. The maximum absolute atomic E-state index is 11.4. The SMILES string of the molecule is CC(C)(C)[C@@H](N)C(=O)NCCS(N)(=O)=O. The van der Waals surface area contributed by atoms with Gasteiger partial charge in [-0.25, -0.2) is 13.6 Å². The van der Waals surface area contributed by atoms with E-state index >= 15 is 0 Å². The van der Waals surface area contributed by atoms with Crippen molar-refractivity contribution in [2.45, 2.75) is 26.8 Å². The summed E-state index contributed by atoms with van der Waals surface area (Å²) in [6, 6.07) is -0.669. The van der Waals surface area contributed by atoms with Gasteiger partial charge in [0.25, 0.3) is 0 Å². The van der Waals surface area contributed by atoms with Crippen LogP contribution in [0.3, 0.4) is 0 Å². The van der Waals surface area contributed by atoms with Crippen LogP contribution in [0, 0.1) is 5.41 Å². The van der Waals surface area contributed by atoms with Gasteiger partial charge in [0.1, 0.15) is 0 Å². The molecule has 0 aliphatic heterocycles. The Morgan fingerprint density at radius 1 is 1.40 bits per heavy atom. The molecule has 0 heterocycles. The summed E-state index contributed by atoms with van der Waals surface area (Å²) in [5, 5.41) is 7.20. The van der Waals surface area contributed by atoms with Gasteiger partial charge in [-0.1, -0.05) is 20.8 Å². The molecule has 1 atom stereocenters. The summed E-state index contributed by atoms with van der Waals surface area (Å²) >= 11 is 0. The van der Waals surface area contributed by atoms with Crippen molar-refractivity contribution in [3.8, 4) is 0 Å². The Morgan fingerprint density at radius 3 is 2.20 bits per heavy atom. The first kappa shape index (κ1) is 14.3. The number of carbonyl (C=O) groups is 1. The van der Waals surface area contributed by atoms with Crippen molar-refractivity contribution in [2.24, 2.45) is 16.3 Å². The minimum atomic E-state index is -3.54. The molecule has 0 saturated carbocycles. The van der Waals surface area contributed by atoms with Crippen molar-refractivity contribution >= 4 is 15.9 Å². The van der Waals surface area contributed by atoms with Crippen molar-refractivity contribution in [2.75, 3.05) is 12.3 Å². The van der Waals surface area contributed by atoms with E-state index in [0.29, 0.717) is 0 Å². The Labute approximate surface area is 90.4 Å². The highest BCUT2D eigenvalue weighted by molar-refractivity contribution is 7.89. The van der Waals surface area contributed by atoms with Crippen molar-refractivity contribution in [3.63, 3.8) is 0 Å². The van der Waals surface area contributed by atoms with Crippen LogP contribution in [0.4, 0.5) is 0 Å². The fourth-order valence-corrected chi connectivity index (χ4v) is 1.21. The fourth-order valence-electron chi connectivity index (χ4n) is 0.820. The van der Waals surface area contributed by atoms with Crippen LogP contribution in [0.15, 0.2) is 0 Å². The number of amides is 1. The van der Waals surface area contributed by atoms with E-state index in [0.717, 1.165) is 0 Å². The summed E-state index contributed by atoms with van der Waals surface area (Å²) in [5.41, 5.74) is 5.30. The highest BCUT2D eigenvalue weighted by atomic mass is 32.2. The number of primary sulfonamides is 1. The van der Waals surface area contributed by atoms with Crippen molar-refractivity contribution in [1.29, 1.82) is 0 Å². The van der Waals surface area contributed by atoms with E-state index in [1.54, 1.807) is 0 Å². The van der Waals surface area contributed by atoms with Gasteiger partial charge in [0.05, 0.1) is 11.8 Å². The zero-order chi connectivity index (χ0) is 12.3. The second-order valence-electron chi connectivity index (χ2n) is 4.50. The topological polar surface area (TPSA) is 115 Å². The monoisotopic (exact) mass is 237 g/mol. The van der Waals surface area contributed by atoms with Gasteiger partial charge in [-0.2, -0.15) is 0 Å². The van der Waals surface area contributed by atoms with Crippen LogP contribution in [-0.4, -0.2) is 32.7 Å². The molecule has 0 aromatic rings. The first-order chi connectivity index (χ1) is 6.54. The molecule has 0 rings (SSSR count). The third-order valence-electron chi connectivity index (χ3n) is 1.90. The molecule has 0 aliphatic rings. The first-order valence-electron chi connectivity index (χ1n) is 4.58. The van der Waals surface area contributed by atoms with E-state index in [-0.39, 0.29) is 23.6 Å². The average Bonchev–Trinajstić information content (AvgIpc) is 1.98. The van der Waals surface area contributed by atoms with Crippen LogP contribution in [0.5, 0.6) is 0 Å². The number of hydrogen-bond acceptors (Lipinski definition) is 4. The first-order valence-corrected chi connectivity index (χ1v) is 6.29.